The summed E-state index contributed by atoms with van der Waals surface area (Å²) in [7, 11) is 0. The second kappa shape index (κ2) is 5.79. The van der Waals surface area contributed by atoms with Crippen LogP contribution in [0, 0.1) is 0 Å². The van der Waals surface area contributed by atoms with Crippen LogP contribution in [0.4, 0.5) is 0 Å². The summed E-state index contributed by atoms with van der Waals surface area (Å²) in [6.45, 7) is 9.26. The van der Waals surface area contributed by atoms with E-state index in [1.54, 1.807) is 6.07 Å². The molecule has 2 aliphatic rings. The van der Waals surface area contributed by atoms with Gasteiger partial charge in [-0.25, -0.2) is 0 Å². The topological polar surface area (TPSA) is 49.6 Å². The van der Waals surface area contributed by atoms with Crippen LogP contribution in [0.2, 0.25) is 0 Å². The second-order valence-electron chi connectivity index (χ2n) is 6.58. The normalized spacial score (nSPS) is 26.4. The quantitative estimate of drug-likeness (QED) is 0.858. The lowest BCUT2D eigenvalue weighted by Gasteiger charge is -2.43. The Labute approximate surface area is 126 Å². The summed E-state index contributed by atoms with van der Waals surface area (Å²) in [4.78, 5) is 17.3. The number of nitrogens with zero attached hydrogens (tertiary/aromatic N) is 3. The first kappa shape index (κ1) is 14.6. The molecule has 2 saturated heterocycles. The van der Waals surface area contributed by atoms with Crippen LogP contribution in [0.5, 0.6) is 0 Å². The summed E-state index contributed by atoms with van der Waals surface area (Å²) in [5.41, 5.74) is 0.462. The highest BCUT2D eigenvalue weighted by Gasteiger charge is 2.38. The average molecular weight is 291 g/mol. The number of hydrogen-bond acceptors (Lipinski definition) is 4. The van der Waals surface area contributed by atoms with Crippen LogP contribution in [0.3, 0.4) is 0 Å². The lowest BCUT2D eigenvalue weighted by Crippen LogP contribution is -2.57. The van der Waals surface area contributed by atoms with Crippen molar-refractivity contribution in [2.75, 3.05) is 19.6 Å². The fourth-order valence-corrected chi connectivity index (χ4v) is 3.50. The number of aromatic nitrogens is 1. The van der Waals surface area contributed by atoms with Gasteiger partial charge in [0.15, 0.2) is 5.69 Å². The Kier molecular flexibility index (Phi) is 4.02. The highest BCUT2D eigenvalue weighted by molar-refractivity contribution is 5.92. The molecule has 0 bridgehead atoms. The fourth-order valence-electron chi connectivity index (χ4n) is 3.50. The predicted octanol–water partition coefficient (Wildman–Crippen LogP) is 2.50. The van der Waals surface area contributed by atoms with Crippen molar-refractivity contribution in [3.8, 4) is 0 Å². The van der Waals surface area contributed by atoms with E-state index in [2.05, 4.69) is 17.0 Å². The molecule has 2 unspecified atom stereocenters. The minimum absolute atomic E-state index is 0.0315. The molecule has 116 valence electrons. The van der Waals surface area contributed by atoms with E-state index in [1.807, 2.05) is 18.7 Å². The zero-order valence-electron chi connectivity index (χ0n) is 13.2. The number of carbonyl (C=O) groups excluding carboxylic acids is 1. The zero-order chi connectivity index (χ0) is 15.0. The van der Waals surface area contributed by atoms with Crippen molar-refractivity contribution >= 4 is 5.91 Å². The van der Waals surface area contributed by atoms with E-state index in [4.69, 9.17) is 4.52 Å². The summed E-state index contributed by atoms with van der Waals surface area (Å²) >= 11 is 0. The molecule has 2 atom stereocenters. The number of amides is 1. The first-order chi connectivity index (χ1) is 10.1. The number of rotatable bonds is 3. The van der Waals surface area contributed by atoms with Gasteiger partial charge in [0, 0.05) is 37.2 Å². The van der Waals surface area contributed by atoms with Crippen molar-refractivity contribution in [2.45, 2.75) is 58.0 Å². The van der Waals surface area contributed by atoms with E-state index in [0.29, 0.717) is 17.8 Å². The molecule has 1 amide bonds. The molecule has 1 aromatic heterocycles. The number of piperazine rings is 1. The Hall–Kier alpha value is -1.36. The molecule has 3 heterocycles. The van der Waals surface area contributed by atoms with Crippen LogP contribution >= 0.6 is 0 Å². The monoisotopic (exact) mass is 291 g/mol. The van der Waals surface area contributed by atoms with Gasteiger partial charge in [0.1, 0.15) is 5.76 Å². The lowest BCUT2D eigenvalue weighted by atomic mass is 10.0. The molecule has 1 aromatic rings. The summed E-state index contributed by atoms with van der Waals surface area (Å²) in [5, 5.41) is 3.99. The van der Waals surface area contributed by atoms with E-state index in [0.717, 1.165) is 25.3 Å². The van der Waals surface area contributed by atoms with E-state index >= 15 is 0 Å². The van der Waals surface area contributed by atoms with Crippen LogP contribution < -0.4 is 0 Å². The van der Waals surface area contributed by atoms with Gasteiger partial charge in [-0.15, -0.1) is 0 Å². The molecule has 0 aromatic carbocycles. The smallest absolute Gasteiger partial charge is 0.276 e. The summed E-state index contributed by atoms with van der Waals surface area (Å²) in [6.07, 6.45) is 3.45. The first-order valence-corrected chi connectivity index (χ1v) is 8.11. The maximum absolute atomic E-state index is 12.8. The minimum Gasteiger partial charge on any atom is -0.360 e. The van der Waals surface area contributed by atoms with Crippen LogP contribution in [0.1, 0.15) is 62.2 Å². The Bertz CT molecular complexity index is 511. The van der Waals surface area contributed by atoms with Crippen molar-refractivity contribution in [2.24, 2.45) is 0 Å². The molecule has 0 spiro atoms. The highest BCUT2D eigenvalue weighted by Crippen LogP contribution is 2.27. The maximum Gasteiger partial charge on any atom is 0.276 e. The largest absolute Gasteiger partial charge is 0.360 e. The van der Waals surface area contributed by atoms with Gasteiger partial charge >= 0.3 is 0 Å². The summed E-state index contributed by atoms with van der Waals surface area (Å²) in [5.74, 6) is 1.07. The van der Waals surface area contributed by atoms with Crippen LogP contribution in [-0.2, 0) is 0 Å². The second-order valence-corrected chi connectivity index (χ2v) is 6.58. The van der Waals surface area contributed by atoms with Gasteiger partial charge in [-0.2, -0.15) is 0 Å². The molecule has 0 N–H and O–H groups in total. The molecule has 2 fully saturated rings. The van der Waals surface area contributed by atoms with Gasteiger partial charge in [-0.1, -0.05) is 25.9 Å². The number of fused-ring (bicyclic) bond motifs is 1. The maximum atomic E-state index is 12.8. The average Bonchev–Trinajstić information content (AvgIpc) is 3.13. The van der Waals surface area contributed by atoms with Crippen LogP contribution in [0.15, 0.2) is 10.6 Å². The van der Waals surface area contributed by atoms with Gasteiger partial charge in [-0.3, -0.25) is 9.69 Å². The van der Waals surface area contributed by atoms with Crippen molar-refractivity contribution in [1.82, 2.24) is 15.0 Å². The molecule has 0 aliphatic carbocycles. The van der Waals surface area contributed by atoms with E-state index < -0.39 is 0 Å². The number of hydrogen-bond donors (Lipinski definition) is 0. The molecule has 2 aliphatic heterocycles. The standard InChI is InChI=1S/C16H25N3O2/c1-4-12-9-18-7-5-6-13(18)10-19(12)16(20)14-8-15(11(2)3)21-17-14/h8,11-13H,4-7,9-10H2,1-3H3. The van der Waals surface area contributed by atoms with Gasteiger partial charge in [0.05, 0.1) is 0 Å². The SMILES string of the molecule is CCC1CN2CCCC2CN1C(=O)c1cc(C(C)C)on1. The van der Waals surface area contributed by atoms with E-state index in [1.165, 1.54) is 19.4 Å². The first-order valence-electron chi connectivity index (χ1n) is 8.11. The van der Waals surface area contributed by atoms with Gasteiger partial charge in [-0.05, 0) is 25.8 Å². The Morgan fingerprint density at radius 3 is 2.95 bits per heavy atom. The third-order valence-corrected chi connectivity index (χ3v) is 4.84. The van der Waals surface area contributed by atoms with Gasteiger partial charge in [0.2, 0.25) is 0 Å². The van der Waals surface area contributed by atoms with Crippen LogP contribution in [-0.4, -0.2) is 52.6 Å². The van der Waals surface area contributed by atoms with Crippen LogP contribution in [0.25, 0.3) is 0 Å². The molecule has 5 nitrogen and oxygen atoms in total. The van der Waals surface area contributed by atoms with Crippen molar-refractivity contribution in [3.63, 3.8) is 0 Å². The molecular weight excluding hydrogens is 266 g/mol. The predicted molar refractivity (Wildman–Crippen MR) is 80.3 cm³/mol. The molecular formula is C16H25N3O2. The third kappa shape index (κ3) is 2.71. The summed E-state index contributed by atoms with van der Waals surface area (Å²) < 4.78 is 5.29. The van der Waals surface area contributed by atoms with Gasteiger partial charge in [0.25, 0.3) is 5.91 Å². The molecule has 0 radical (unpaired) electrons. The molecule has 5 heteroatoms. The van der Waals surface area contributed by atoms with E-state index in [-0.39, 0.29) is 11.8 Å². The van der Waals surface area contributed by atoms with Crippen molar-refractivity contribution in [3.05, 3.63) is 17.5 Å². The van der Waals surface area contributed by atoms with Gasteiger partial charge < -0.3 is 9.42 Å². The molecule has 21 heavy (non-hydrogen) atoms. The zero-order valence-corrected chi connectivity index (χ0v) is 13.2. The Balaban J connectivity index is 1.78. The van der Waals surface area contributed by atoms with Crippen molar-refractivity contribution < 1.29 is 9.32 Å². The van der Waals surface area contributed by atoms with E-state index in [9.17, 15) is 4.79 Å². The molecule has 3 rings (SSSR count). The Morgan fingerprint density at radius 1 is 1.48 bits per heavy atom. The fraction of sp³-hybridized carbons (Fsp3) is 0.750. The van der Waals surface area contributed by atoms with Crippen molar-refractivity contribution in [1.29, 1.82) is 0 Å². The highest BCUT2D eigenvalue weighted by atomic mass is 16.5. The number of carbonyl (C=O) groups is 1. The minimum atomic E-state index is 0.0315. The lowest BCUT2D eigenvalue weighted by molar-refractivity contribution is 0.0337. The molecule has 0 saturated carbocycles. The summed E-state index contributed by atoms with van der Waals surface area (Å²) in [6, 6.07) is 2.64. The third-order valence-electron chi connectivity index (χ3n) is 4.84. The Morgan fingerprint density at radius 2 is 2.29 bits per heavy atom.